The molecule has 2 rings (SSSR count). The largest absolute Gasteiger partial charge is 0.356 e. The lowest BCUT2D eigenvalue weighted by atomic mass is 10.1. The normalized spacial score (nSPS) is 10.4. The first-order chi connectivity index (χ1) is 12.0. The topological polar surface area (TPSA) is 49.4 Å². The molecule has 0 aliphatic carbocycles. The highest BCUT2D eigenvalue weighted by Gasteiger charge is 2.17. The third kappa shape index (κ3) is 5.67. The van der Waals surface area contributed by atoms with Crippen LogP contribution in [0.4, 0.5) is 14.5 Å². The van der Waals surface area contributed by atoms with Gasteiger partial charge in [0.05, 0.1) is 5.69 Å². The smallest absolute Gasteiger partial charge is 0.223 e. The molecule has 0 aliphatic rings. The van der Waals surface area contributed by atoms with Crippen molar-refractivity contribution in [3.63, 3.8) is 0 Å². The predicted octanol–water partition coefficient (Wildman–Crippen LogP) is 3.07. The fourth-order valence-corrected chi connectivity index (χ4v) is 2.44. The van der Waals surface area contributed by atoms with Crippen molar-refractivity contribution in [3.8, 4) is 0 Å². The summed E-state index contributed by atoms with van der Waals surface area (Å²) in [6.07, 6.45) is 0.737. The summed E-state index contributed by atoms with van der Waals surface area (Å²) in [6, 6.07) is 12.7. The van der Waals surface area contributed by atoms with Gasteiger partial charge < -0.3 is 10.2 Å². The Balaban J connectivity index is 1.86. The van der Waals surface area contributed by atoms with Crippen LogP contribution in [0, 0.1) is 11.6 Å². The van der Waals surface area contributed by atoms with Gasteiger partial charge in [0.2, 0.25) is 11.8 Å². The first-order valence-electron chi connectivity index (χ1n) is 8.01. The summed E-state index contributed by atoms with van der Waals surface area (Å²) in [6.45, 7) is 1.78. The van der Waals surface area contributed by atoms with Crippen LogP contribution in [0.25, 0.3) is 0 Å². The van der Waals surface area contributed by atoms with E-state index in [1.807, 2.05) is 30.3 Å². The summed E-state index contributed by atoms with van der Waals surface area (Å²) >= 11 is 0. The second-order valence-electron chi connectivity index (χ2n) is 5.60. The third-order valence-electron chi connectivity index (χ3n) is 3.72. The highest BCUT2D eigenvalue weighted by Crippen LogP contribution is 2.20. The van der Waals surface area contributed by atoms with Crippen LogP contribution < -0.4 is 10.2 Å². The molecule has 0 heterocycles. The summed E-state index contributed by atoms with van der Waals surface area (Å²) in [5.41, 5.74) is 1.08. The number of halogens is 2. The zero-order valence-electron chi connectivity index (χ0n) is 14.0. The first kappa shape index (κ1) is 18.6. The lowest BCUT2D eigenvalue weighted by molar-refractivity contribution is -0.121. The molecule has 0 fully saturated rings. The molecule has 0 spiro atoms. The number of amides is 2. The minimum atomic E-state index is -0.834. The summed E-state index contributed by atoms with van der Waals surface area (Å²) in [7, 11) is 0. The Morgan fingerprint density at radius 2 is 1.80 bits per heavy atom. The second-order valence-corrected chi connectivity index (χ2v) is 5.60. The summed E-state index contributed by atoms with van der Waals surface area (Å²) in [4.78, 5) is 24.8. The number of carbonyl (C=O) groups excluding carboxylic acids is 2. The van der Waals surface area contributed by atoms with Crippen molar-refractivity contribution < 1.29 is 18.4 Å². The standard InChI is InChI=1S/C19H20F2N2O2/c1-14(24)23(18-8-7-16(20)13-17(18)21)12-10-19(25)22-11-9-15-5-3-2-4-6-15/h2-8,13H,9-12H2,1H3,(H,22,25). The Labute approximate surface area is 145 Å². The molecule has 2 amide bonds. The Bertz CT molecular complexity index is 735. The lowest BCUT2D eigenvalue weighted by Gasteiger charge is -2.21. The Morgan fingerprint density at radius 3 is 2.44 bits per heavy atom. The minimum absolute atomic E-state index is 0.0229. The van der Waals surface area contributed by atoms with Crippen molar-refractivity contribution in [2.24, 2.45) is 0 Å². The van der Waals surface area contributed by atoms with E-state index in [2.05, 4.69) is 5.32 Å². The zero-order chi connectivity index (χ0) is 18.2. The van der Waals surface area contributed by atoms with Gasteiger partial charge >= 0.3 is 0 Å². The van der Waals surface area contributed by atoms with Gasteiger partial charge in [-0.1, -0.05) is 30.3 Å². The van der Waals surface area contributed by atoms with E-state index in [0.717, 1.165) is 16.5 Å². The van der Waals surface area contributed by atoms with E-state index >= 15 is 0 Å². The molecule has 0 aliphatic heterocycles. The maximum atomic E-state index is 13.8. The number of rotatable bonds is 7. The predicted molar refractivity (Wildman–Crippen MR) is 92.2 cm³/mol. The second kappa shape index (κ2) is 8.92. The first-order valence-corrected chi connectivity index (χ1v) is 8.01. The fourth-order valence-electron chi connectivity index (χ4n) is 2.44. The summed E-state index contributed by atoms with van der Waals surface area (Å²) in [5.74, 6) is -2.20. The molecule has 0 radical (unpaired) electrons. The molecular weight excluding hydrogens is 326 g/mol. The molecular formula is C19H20F2N2O2. The van der Waals surface area contributed by atoms with Gasteiger partial charge in [-0.25, -0.2) is 8.78 Å². The Morgan fingerprint density at radius 1 is 1.08 bits per heavy atom. The molecule has 0 aromatic heterocycles. The Kier molecular flexibility index (Phi) is 6.62. The number of carbonyl (C=O) groups is 2. The maximum Gasteiger partial charge on any atom is 0.223 e. The van der Waals surface area contributed by atoms with Crippen LogP contribution in [0.5, 0.6) is 0 Å². The molecule has 132 valence electrons. The number of anilines is 1. The van der Waals surface area contributed by atoms with Crippen molar-refractivity contribution >= 4 is 17.5 Å². The van der Waals surface area contributed by atoms with Crippen LogP contribution in [0.1, 0.15) is 18.9 Å². The van der Waals surface area contributed by atoms with E-state index in [0.29, 0.717) is 19.0 Å². The Hall–Kier alpha value is -2.76. The average Bonchev–Trinajstić information content (AvgIpc) is 2.57. The number of benzene rings is 2. The van der Waals surface area contributed by atoms with E-state index in [1.165, 1.54) is 13.0 Å². The highest BCUT2D eigenvalue weighted by molar-refractivity contribution is 5.92. The minimum Gasteiger partial charge on any atom is -0.356 e. The molecule has 0 saturated carbocycles. The van der Waals surface area contributed by atoms with E-state index in [-0.39, 0.29) is 24.6 Å². The number of nitrogens with zero attached hydrogens (tertiary/aromatic N) is 1. The van der Waals surface area contributed by atoms with E-state index in [1.54, 1.807) is 0 Å². The van der Waals surface area contributed by atoms with Crippen molar-refractivity contribution in [2.45, 2.75) is 19.8 Å². The maximum absolute atomic E-state index is 13.8. The van der Waals surface area contributed by atoms with Gasteiger partial charge in [-0.05, 0) is 24.1 Å². The van der Waals surface area contributed by atoms with Gasteiger partial charge in [0.25, 0.3) is 0 Å². The summed E-state index contributed by atoms with van der Waals surface area (Å²) < 4.78 is 26.8. The van der Waals surface area contributed by atoms with Crippen LogP contribution in [0.3, 0.4) is 0 Å². The van der Waals surface area contributed by atoms with Gasteiger partial charge in [-0.15, -0.1) is 0 Å². The van der Waals surface area contributed by atoms with Crippen molar-refractivity contribution in [1.29, 1.82) is 0 Å². The van der Waals surface area contributed by atoms with E-state index in [4.69, 9.17) is 0 Å². The molecule has 6 heteroatoms. The van der Waals surface area contributed by atoms with Gasteiger partial charge in [0, 0.05) is 32.5 Å². The SMILES string of the molecule is CC(=O)N(CCC(=O)NCCc1ccccc1)c1ccc(F)cc1F. The van der Waals surface area contributed by atoms with Crippen LogP contribution in [-0.4, -0.2) is 24.9 Å². The molecule has 0 saturated heterocycles. The van der Waals surface area contributed by atoms with Gasteiger partial charge in [0.15, 0.2) is 0 Å². The lowest BCUT2D eigenvalue weighted by Crippen LogP contribution is -2.35. The van der Waals surface area contributed by atoms with Crippen molar-refractivity contribution in [1.82, 2.24) is 5.32 Å². The molecule has 0 bridgehead atoms. The quantitative estimate of drug-likeness (QED) is 0.838. The molecule has 2 aromatic rings. The average molecular weight is 346 g/mol. The molecule has 1 N–H and O–H groups in total. The molecule has 0 unspecified atom stereocenters. The van der Waals surface area contributed by atoms with Crippen LogP contribution >= 0.6 is 0 Å². The monoisotopic (exact) mass is 346 g/mol. The molecule has 0 atom stereocenters. The number of hydrogen-bond acceptors (Lipinski definition) is 2. The molecule has 25 heavy (non-hydrogen) atoms. The van der Waals surface area contributed by atoms with Gasteiger partial charge in [-0.3, -0.25) is 9.59 Å². The number of nitrogens with one attached hydrogen (secondary N) is 1. The fraction of sp³-hybridized carbons (Fsp3) is 0.263. The van der Waals surface area contributed by atoms with Crippen LogP contribution in [-0.2, 0) is 16.0 Å². The van der Waals surface area contributed by atoms with Crippen molar-refractivity contribution in [3.05, 3.63) is 65.7 Å². The van der Waals surface area contributed by atoms with Gasteiger partial charge in [0.1, 0.15) is 11.6 Å². The molecule has 4 nitrogen and oxygen atoms in total. The van der Waals surface area contributed by atoms with Crippen molar-refractivity contribution in [2.75, 3.05) is 18.0 Å². The van der Waals surface area contributed by atoms with Gasteiger partial charge in [-0.2, -0.15) is 0 Å². The summed E-state index contributed by atoms with van der Waals surface area (Å²) in [5, 5.41) is 2.77. The van der Waals surface area contributed by atoms with Crippen LogP contribution in [0.2, 0.25) is 0 Å². The highest BCUT2D eigenvalue weighted by atomic mass is 19.1. The van der Waals surface area contributed by atoms with Crippen LogP contribution in [0.15, 0.2) is 48.5 Å². The van der Waals surface area contributed by atoms with E-state index < -0.39 is 17.5 Å². The molecule has 2 aromatic carbocycles. The number of hydrogen-bond donors (Lipinski definition) is 1. The third-order valence-corrected chi connectivity index (χ3v) is 3.72. The zero-order valence-corrected chi connectivity index (χ0v) is 14.0. The van der Waals surface area contributed by atoms with E-state index in [9.17, 15) is 18.4 Å².